The third kappa shape index (κ3) is 6.94. The number of fused-ring (bicyclic) bond motifs is 1. The summed E-state index contributed by atoms with van der Waals surface area (Å²) in [5.74, 6) is 1.65. The quantitative estimate of drug-likeness (QED) is 0.154. The average Bonchev–Trinajstić information content (AvgIpc) is 3.49. The zero-order valence-corrected chi connectivity index (χ0v) is 26.0. The molecule has 0 unspecified atom stereocenters. The summed E-state index contributed by atoms with van der Waals surface area (Å²) in [5.41, 5.74) is 6.66. The van der Waals surface area contributed by atoms with E-state index in [1.807, 2.05) is 12.1 Å². The SMILES string of the molecule is CCc1ccc(-c2nc3c(N4CCN(CCOc5ccc(NC(=O)Nc6c(Cl)cccc6Cl)cc5)CC4)cccc3[nH]2)cc1. The molecule has 0 atom stereocenters. The van der Waals surface area contributed by atoms with E-state index < -0.39 is 6.03 Å². The average molecular weight is 630 g/mol. The second kappa shape index (κ2) is 13.6. The van der Waals surface area contributed by atoms with Crippen molar-refractivity contribution in [2.75, 3.05) is 54.9 Å². The van der Waals surface area contributed by atoms with Gasteiger partial charge in [0.1, 0.15) is 23.7 Å². The Hall–Kier alpha value is -4.24. The first-order chi connectivity index (χ1) is 21.5. The number of hydrogen-bond acceptors (Lipinski definition) is 5. The number of aromatic nitrogens is 2. The van der Waals surface area contributed by atoms with Crippen molar-refractivity contribution in [1.82, 2.24) is 14.9 Å². The van der Waals surface area contributed by atoms with Crippen LogP contribution in [0.25, 0.3) is 22.4 Å². The van der Waals surface area contributed by atoms with Crippen molar-refractivity contribution >= 4 is 57.3 Å². The number of para-hydroxylation sites is 2. The number of imidazole rings is 1. The van der Waals surface area contributed by atoms with E-state index in [4.69, 9.17) is 32.9 Å². The Morgan fingerprint density at radius 2 is 1.59 bits per heavy atom. The van der Waals surface area contributed by atoms with Gasteiger partial charge in [-0.1, -0.05) is 66.5 Å². The molecule has 0 saturated carbocycles. The van der Waals surface area contributed by atoms with E-state index in [-0.39, 0.29) is 0 Å². The van der Waals surface area contributed by atoms with E-state index in [0.29, 0.717) is 28.0 Å². The fraction of sp³-hybridized carbons (Fsp3) is 0.235. The number of rotatable bonds is 9. The molecule has 1 aliphatic heterocycles. The molecule has 5 aromatic rings. The highest BCUT2D eigenvalue weighted by Crippen LogP contribution is 2.31. The van der Waals surface area contributed by atoms with E-state index in [2.05, 4.69) is 74.8 Å². The van der Waals surface area contributed by atoms with E-state index in [0.717, 1.165) is 67.3 Å². The number of piperazine rings is 1. The summed E-state index contributed by atoms with van der Waals surface area (Å²) < 4.78 is 5.99. The summed E-state index contributed by atoms with van der Waals surface area (Å²) in [6, 6.07) is 26.9. The molecule has 226 valence electrons. The van der Waals surface area contributed by atoms with Crippen LogP contribution in [0.15, 0.2) is 84.9 Å². The molecule has 1 aliphatic rings. The van der Waals surface area contributed by atoms with Crippen molar-refractivity contribution in [3.05, 3.63) is 101 Å². The zero-order valence-electron chi connectivity index (χ0n) is 24.4. The lowest BCUT2D eigenvalue weighted by Crippen LogP contribution is -2.47. The number of aryl methyl sites for hydroxylation is 1. The molecule has 0 radical (unpaired) electrons. The maximum atomic E-state index is 12.4. The van der Waals surface area contributed by atoms with E-state index in [1.165, 1.54) is 11.3 Å². The molecule has 0 bridgehead atoms. The van der Waals surface area contributed by atoms with E-state index in [9.17, 15) is 4.79 Å². The molecule has 1 aromatic heterocycles. The highest BCUT2D eigenvalue weighted by atomic mass is 35.5. The summed E-state index contributed by atoms with van der Waals surface area (Å²) in [6.07, 6.45) is 1.03. The molecule has 1 fully saturated rings. The number of carbonyl (C=O) groups is 1. The summed E-state index contributed by atoms with van der Waals surface area (Å²) in [4.78, 5) is 25.7. The van der Waals surface area contributed by atoms with Gasteiger partial charge in [-0.25, -0.2) is 9.78 Å². The van der Waals surface area contributed by atoms with Crippen LogP contribution in [-0.4, -0.2) is 60.2 Å². The standard InChI is InChI=1S/C34H34Cl2N6O2/c1-2-23-9-11-24(12-10-23)33-38-29-7-4-8-30(32(29)39-33)42-19-17-41(18-20-42)21-22-44-26-15-13-25(14-16-26)37-34(43)40-31-27(35)5-3-6-28(31)36/h3-16H,2,17-22H2,1H3,(H,38,39)(H2,37,40,43). The van der Waals surface area contributed by atoms with E-state index in [1.54, 1.807) is 30.3 Å². The second-order valence-electron chi connectivity index (χ2n) is 10.7. The number of ether oxygens (including phenoxy) is 1. The number of urea groups is 1. The van der Waals surface area contributed by atoms with Crippen molar-refractivity contribution < 1.29 is 9.53 Å². The van der Waals surface area contributed by atoms with Gasteiger partial charge in [0.2, 0.25) is 0 Å². The van der Waals surface area contributed by atoms with Crippen LogP contribution in [0, 0.1) is 0 Å². The molecule has 2 heterocycles. The van der Waals surface area contributed by atoms with E-state index >= 15 is 0 Å². The first-order valence-electron chi connectivity index (χ1n) is 14.8. The van der Waals surface area contributed by atoms with Crippen molar-refractivity contribution in [2.45, 2.75) is 13.3 Å². The van der Waals surface area contributed by atoms with Crippen LogP contribution in [0.3, 0.4) is 0 Å². The topological polar surface area (TPSA) is 85.5 Å². The van der Waals surface area contributed by atoms with Gasteiger partial charge in [-0.2, -0.15) is 0 Å². The minimum Gasteiger partial charge on any atom is -0.492 e. The summed E-state index contributed by atoms with van der Waals surface area (Å²) in [5, 5.41) is 6.21. The summed E-state index contributed by atoms with van der Waals surface area (Å²) >= 11 is 12.3. The molecule has 1 saturated heterocycles. The van der Waals surface area contributed by atoms with Crippen molar-refractivity contribution in [2.24, 2.45) is 0 Å². The number of benzene rings is 4. The lowest BCUT2D eigenvalue weighted by Gasteiger charge is -2.36. The smallest absolute Gasteiger partial charge is 0.323 e. The first kappa shape index (κ1) is 29.8. The Morgan fingerprint density at radius 3 is 2.30 bits per heavy atom. The molecule has 0 spiro atoms. The number of aromatic amines is 1. The highest BCUT2D eigenvalue weighted by molar-refractivity contribution is 6.39. The normalized spacial score (nSPS) is 13.7. The van der Waals surface area contributed by atoms with Gasteiger partial charge in [-0.3, -0.25) is 4.90 Å². The number of halogens is 2. The highest BCUT2D eigenvalue weighted by Gasteiger charge is 2.20. The van der Waals surface area contributed by atoms with Crippen molar-refractivity contribution in [3.8, 4) is 17.1 Å². The maximum Gasteiger partial charge on any atom is 0.323 e. The zero-order chi connectivity index (χ0) is 30.5. The third-order valence-corrected chi connectivity index (χ3v) is 8.46. The number of H-pyrrole nitrogens is 1. The third-order valence-electron chi connectivity index (χ3n) is 7.83. The van der Waals surface area contributed by atoms with Gasteiger partial charge in [0.25, 0.3) is 0 Å². The van der Waals surface area contributed by atoms with Crippen LogP contribution in [-0.2, 0) is 6.42 Å². The minimum absolute atomic E-state index is 0.370. The van der Waals surface area contributed by atoms with Gasteiger partial charge < -0.3 is 25.3 Å². The van der Waals surface area contributed by atoms with Crippen LogP contribution in [0.1, 0.15) is 12.5 Å². The molecule has 6 rings (SSSR count). The lowest BCUT2D eigenvalue weighted by molar-refractivity contribution is 0.200. The Morgan fingerprint density at radius 1 is 0.886 bits per heavy atom. The fourth-order valence-corrected chi connectivity index (χ4v) is 5.83. The Bertz CT molecular complexity index is 1710. The van der Waals surface area contributed by atoms with Gasteiger partial charge in [-0.15, -0.1) is 0 Å². The molecule has 44 heavy (non-hydrogen) atoms. The molecule has 2 amide bonds. The largest absolute Gasteiger partial charge is 0.492 e. The molecular formula is C34H34Cl2N6O2. The summed E-state index contributed by atoms with van der Waals surface area (Å²) in [7, 11) is 0. The van der Waals surface area contributed by atoms with Gasteiger partial charge in [0.15, 0.2) is 0 Å². The Kier molecular flexibility index (Phi) is 9.21. The Balaban J connectivity index is 0.973. The number of anilines is 3. The fourth-order valence-electron chi connectivity index (χ4n) is 5.34. The summed E-state index contributed by atoms with van der Waals surface area (Å²) in [6.45, 7) is 7.32. The second-order valence-corrected chi connectivity index (χ2v) is 11.5. The number of nitrogens with one attached hydrogen (secondary N) is 3. The number of carbonyl (C=O) groups excluding carboxylic acids is 1. The van der Waals surface area contributed by atoms with Crippen LogP contribution in [0.2, 0.25) is 10.0 Å². The number of nitrogens with zero attached hydrogens (tertiary/aromatic N) is 3. The van der Waals surface area contributed by atoms with Gasteiger partial charge in [0.05, 0.1) is 26.9 Å². The monoisotopic (exact) mass is 628 g/mol. The lowest BCUT2D eigenvalue weighted by atomic mass is 10.1. The van der Waals surface area contributed by atoms with Gasteiger partial charge >= 0.3 is 6.03 Å². The molecule has 8 nitrogen and oxygen atoms in total. The predicted octanol–water partition coefficient (Wildman–Crippen LogP) is 7.94. The predicted molar refractivity (Wildman–Crippen MR) is 181 cm³/mol. The molecule has 0 aliphatic carbocycles. The molecule has 4 aromatic carbocycles. The van der Waals surface area contributed by atoms with Crippen molar-refractivity contribution in [1.29, 1.82) is 0 Å². The number of hydrogen-bond donors (Lipinski definition) is 3. The van der Waals surface area contributed by atoms with Crippen molar-refractivity contribution in [3.63, 3.8) is 0 Å². The maximum absolute atomic E-state index is 12.4. The Labute approximate surface area is 266 Å². The number of amides is 2. The van der Waals surface area contributed by atoms with Gasteiger partial charge in [0, 0.05) is 44.0 Å². The molecule has 3 N–H and O–H groups in total. The minimum atomic E-state index is -0.432. The molecular weight excluding hydrogens is 595 g/mol. The van der Waals surface area contributed by atoms with Gasteiger partial charge in [-0.05, 0) is 60.5 Å². The van der Waals surface area contributed by atoms with Crippen LogP contribution in [0.4, 0.5) is 21.9 Å². The first-order valence-corrected chi connectivity index (χ1v) is 15.5. The van der Waals surface area contributed by atoms with Crippen LogP contribution < -0.4 is 20.3 Å². The van der Waals surface area contributed by atoms with Crippen LogP contribution >= 0.6 is 23.2 Å². The van der Waals surface area contributed by atoms with Crippen LogP contribution in [0.5, 0.6) is 5.75 Å². The molecule has 10 heteroatoms.